The van der Waals surface area contributed by atoms with E-state index in [4.69, 9.17) is 4.52 Å². The highest BCUT2D eigenvalue weighted by atomic mass is 16.5. The van der Waals surface area contributed by atoms with Gasteiger partial charge in [-0.1, -0.05) is 5.16 Å². The monoisotopic (exact) mass is 258 g/mol. The van der Waals surface area contributed by atoms with Gasteiger partial charge in [-0.15, -0.1) is 0 Å². The summed E-state index contributed by atoms with van der Waals surface area (Å²) in [6.45, 7) is 6.02. The molecule has 2 aromatic rings. The average molecular weight is 258 g/mol. The Morgan fingerprint density at radius 3 is 2.58 bits per heavy atom. The molecule has 0 aromatic carbocycles. The average Bonchev–Trinajstić information content (AvgIpc) is 2.79. The van der Waals surface area contributed by atoms with Crippen LogP contribution in [0.25, 0.3) is 11.3 Å². The first-order chi connectivity index (χ1) is 9.25. The van der Waals surface area contributed by atoms with Crippen molar-refractivity contribution in [3.05, 3.63) is 23.8 Å². The van der Waals surface area contributed by atoms with Crippen LogP contribution in [0.2, 0.25) is 0 Å². The van der Waals surface area contributed by atoms with Gasteiger partial charge in [0.25, 0.3) is 0 Å². The maximum Gasteiger partial charge on any atom is 0.143 e. The second-order valence-electron chi connectivity index (χ2n) is 5.01. The molecule has 0 saturated carbocycles. The molecular weight excluding hydrogens is 240 g/mol. The van der Waals surface area contributed by atoms with Crippen LogP contribution in [-0.4, -0.2) is 28.2 Å². The molecule has 0 spiro atoms. The molecule has 0 amide bonds. The largest absolute Gasteiger partial charge is 0.361 e. The summed E-state index contributed by atoms with van der Waals surface area (Å²) in [7, 11) is 0. The van der Waals surface area contributed by atoms with Crippen molar-refractivity contribution in [1.82, 2.24) is 15.1 Å². The number of hydrogen-bond acceptors (Lipinski definition) is 5. The minimum atomic E-state index is 0.806. The van der Waals surface area contributed by atoms with Gasteiger partial charge < -0.3 is 9.42 Å². The Labute approximate surface area is 112 Å². The van der Waals surface area contributed by atoms with Gasteiger partial charge >= 0.3 is 0 Å². The van der Waals surface area contributed by atoms with Gasteiger partial charge in [-0.25, -0.2) is 9.97 Å². The predicted octanol–water partition coefficient (Wildman–Crippen LogP) is 2.74. The Hall–Kier alpha value is -1.91. The van der Waals surface area contributed by atoms with Crippen LogP contribution in [0.4, 0.5) is 5.82 Å². The molecule has 100 valence electrons. The van der Waals surface area contributed by atoms with Gasteiger partial charge in [-0.05, 0) is 33.1 Å². The summed E-state index contributed by atoms with van der Waals surface area (Å²) in [5.41, 5.74) is 2.76. The molecule has 3 heterocycles. The van der Waals surface area contributed by atoms with Gasteiger partial charge in [0.1, 0.15) is 17.9 Å². The maximum atomic E-state index is 5.21. The molecule has 2 aromatic heterocycles. The molecule has 0 atom stereocenters. The van der Waals surface area contributed by atoms with Crippen molar-refractivity contribution in [2.75, 3.05) is 18.0 Å². The fourth-order valence-corrected chi connectivity index (χ4v) is 2.63. The van der Waals surface area contributed by atoms with Crippen molar-refractivity contribution in [3.63, 3.8) is 0 Å². The molecule has 1 aliphatic heterocycles. The van der Waals surface area contributed by atoms with E-state index in [0.29, 0.717) is 0 Å². The Morgan fingerprint density at radius 2 is 1.89 bits per heavy atom. The second-order valence-corrected chi connectivity index (χ2v) is 5.01. The van der Waals surface area contributed by atoms with Gasteiger partial charge in [0.15, 0.2) is 0 Å². The van der Waals surface area contributed by atoms with Gasteiger partial charge in [-0.2, -0.15) is 0 Å². The number of nitrogens with zero attached hydrogens (tertiary/aromatic N) is 4. The van der Waals surface area contributed by atoms with E-state index in [1.807, 2.05) is 19.9 Å². The highest BCUT2D eigenvalue weighted by molar-refractivity contribution is 5.66. The van der Waals surface area contributed by atoms with Crippen LogP contribution in [0.15, 0.2) is 16.9 Å². The molecule has 19 heavy (non-hydrogen) atoms. The van der Waals surface area contributed by atoms with Crippen LogP contribution in [-0.2, 0) is 0 Å². The van der Waals surface area contributed by atoms with Gasteiger partial charge in [-0.3, -0.25) is 0 Å². The molecule has 1 fully saturated rings. The highest BCUT2D eigenvalue weighted by Crippen LogP contribution is 2.27. The van der Waals surface area contributed by atoms with Crippen LogP contribution >= 0.6 is 0 Å². The lowest BCUT2D eigenvalue weighted by molar-refractivity contribution is 0.393. The molecule has 0 unspecified atom stereocenters. The number of aryl methyl sites for hydroxylation is 2. The summed E-state index contributed by atoms with van der Waals surface area (Å²) >= 11 is 0. The van der Waals surface area contributed by atoms with Crippen molar-refractivity contribution < 1.29 is 4.52 Å². The summed E-state index contributed by atoms with van der Waals surface area (Å²) in [4.78, 5) is 11.1. The van der Waals surface area contributed by atoms with E-state index < -0.39 is 0 Å². The maximum absolute atomic E-state index is 5.21. The number of hydrogen-bond donors (Lipinski definition) is 0. The molecule has 0 aliphatic carbocycles. The number of aromatic nitrogens is 3. The summed E-state index contributed by atoms with van der Waals surface area (Å²) in [5.74, 6) is 1.81. The lowest BCUT2D eigenvalue weighted by Crippen LogP contribution is -2.30. The highest BCUT2D eigenvalue weighted by Gasteiger charge is 2.16. The molecule has 1 aliphatic rings. The number of rotatable bonds is 2. The van der Waals surface area contributed by atoms with Crippen molar-refractivity contribution in [1.29, 1.82) is 0 Å². The number of anilines is 1. The standard InChI is InChI=1S/C14H18N4O/c1-10-14(11(2)19-17-10)12-8-13(16-9-15-12)18-6-4-3-5-7-18/h8-9H,3-7H2,1-2H3. The van der Waals surface area contributed by atoms with Crippen molar-refractivity contribution in [2.24, 2.45) is 0 Å². The van der Waals surface area contributed by atoms with Crippen LogP contribution in [0.5, 0.6) is 0 Å². The minimum Gasteiger partial charge on any atom is -0.361 e. The topological polar surface area (TPSA) is 55.1 Å². The van der Waals surface area contributed by atoms with E-state index in [2.05, 4.69) is 20.0 Å². The SMILES string of the molecule is Cc1noc(C)c1-c1cc(N2CCCCC2)ncn1. The zero-order valence-electron chi connectivity index (χ0n) is 11.4. The normalized spacial score (nSPS) is 15.8. The molecular formula is C14H18N4O. The zero-order valence-corrected chi connectivity index (χ0v) is 11.4. The zero-order chi connectivity index (χ0) is 13.2. The fraction of sp³-hybridized carbons (Fsp3) is 0.500. The fourth-order valence-electron chi connectivity index (χ4n) is 2.63. The molecule has 1 saturated heterocycles. The second kappa shape index (κ2) is 4.99. The Morgan fingerprint density at radius 1 is 1.11 bits per heavy atom. The first-order valence-corrected chi connectivity index (χ1v) is 6.76. The summed E-state index contributed by atoms with van der Waals surface area (Å²) < 4.78 is 5.21. The van der Waals surface area contributed by atoms with E-state index in [9.17, 15) is 0 Å². The smallest absolute Gasteiger partial charge is 0.143 e. The summed E-state index contributed by atoms with van der Waals surface area (Å²) in [6, 6.07) is 2.04. The van der Waals surface area contributed by atoms with Crippen LogP contribution in [0.1, 0.15) is 30.7 Å². The quantitative estimate of drug-likeness (QED) is 0.829. The minimum absolute atomic E-state index is 0.806. The molecule has 0 radical (unpaired) electrons. The summed E-state index contributed by atoms with van der Waals surface area (Å²) in [6.07, 6.45) is 5.43. The summed E-state index contributed by atoms with van der Waals surface area (Å²) in [5, 5.41) is 3.99. The molecule has 0 N–H and O–H groups in total. The molecule has 5 heteroatoms. The number of piperidine rings is 1. The van der Waals surface area contributed by atoms with E-state index in [1.165, 1.54) is 19.3 Å². The molecule has 3 rings (SSSR count). The van der Waals surface area contributed by atoms with E-state index in [-0.39, 0.29) is 0 Å². The van der Waals surface area contributed by atoms with Gasteiger partial charge in [0.2, 0.25) is 0 Å². The van der Waals surface area contributed by atoms with Crippen molar-refractivity contribution >= 4 is 5.82 Å². The lowest BCUT2D eigenvalue weighted by atomic mass is 10.1. The van der Waals surface area contributed by atoms with Crippen LogP contribution < -0.4 is 4.90 Å². The first kappa shape index (κ1) is 12.1. The van der Waals surface area contributed by atoms with E-state index >= 15 is 0 Å². The third-order valence-corrected chi connectivity index (χ3v) is 3.62. The van der Waals surface area contributed by atoms with Crippen molar-refractivity contribution in [2.45, 2.75) is 33.1 Å². The third kappa shape index (κ3) is 2.32. The van der Waals surface area contributed by atoms with Crippen LogP contribution in [0.3, 0.4) is 0 Å². The van der Waals surface area contributed by atoms with Crippen LogP contribution in [0, 0.1) is 13.8 Å². The molecule has 0 bridgehead atoms. The van der Waals surface area contributed by atoms with E-state index in [1.54, 1.807) is 6.33 Å². The third-order valence-electron chi connectivity index (χ3n) is 3.62. The van der Waals surface area contributed by atoms with Gasteiger partial charge in [0, 0.05) is 19.2 Å². The predicted molar refractivity (Wildman–Crippen MR) is 73.1 cm³/mol. The Bertz CT molecular complexity index is 553. The van der Waals surface area contributed by atoms with Crippen molar-refractivity contribution in [3.8, 4) is 11.3 Å². The molecule has 5 nitrogen and oxygen atoms in total. The van der Waals surface area contributed by atoms with E-state index in [0.717, 1.165) is 41.6 Å². The van der Waals surface area contributed by atoms with Gasteiger partial charge in [0.05, 0.1) is 17.0 Å². The lowest BCUT2D eigenvalue weighted by Gasteiger charge is -2.27. The first-order valence-electron chi connectivity index (χ1n) is 6.76. The Kier molecular flexibility index (Phi) is 3.19. The Balaban J connectivity index is 1.95.